The minimum Gasteiger partial charge on any atom is -0.307 e. The van der Waals surface area contributed by atoms with E-state index in [4.69, 9.17) is 0 Å². The summed E-state index contributed by atoms with van der Waals surface area (Å²) in [5, 5.41) is 5.96. The van der Waals surface area contributed by atoms with Crippen molar-refractivity contribution in [3.05, 3.63) is 223 Å². The Morgan fingerprint density at radius 3 is 1.29 bits per heavy atom. The van der Waals surface area contributed by atoms with Crippen molar-refractivity contribution in [3.8, 4) is 11.1 Å². The van der Waals surface area contributed by atoms with Gasteiger partial charge >= 0.3 is 0 Å². The molecule has 0 heterocycles. The number of hydrogen-bond donors (Lipinski definition) is 0. The zero-order valence-corrected chi connectivity index (χ0v) is 31.7. The van der Waals surface area contributed by atoms with Crippen molar-refractivity contribution in [2.45, 2.75) is 12.8 Å². The second-order valence-corrected chi connectivity index (χ2v) is 14.7. The van der Waals surface area contributed by atoms with Gasteiger partial charge in [-0.2, -0.15) is 0 Å². The van der Waals surface area contributed by atoms with Crippen LogP contribution in [0, 0.1) is 11.6 Å². The van der Waals surface area contributed by atoms with Crippen LogP contribution >= 0.6 is 0 Å². The van der Waals surface area contributed by atoms with E-state index in [0.29, 0.717) is 11.4 Å². The maximum atomic E-state index is 16.7. The van der Waals surface area contributed by atoms with E-state index >= 15 is 8.78 Å². The summed E-state index contributed by atoms with van der Waals surface area (Å²) in [4.78, 5) is 4.07. The fourth-order valence-electron chi connectivity index (χ4n) is 8.48. The van der Waals surface area contributed by atoms with Crippen LogP contribution in [0.4, 0.5) is 42.9 Å². The highest BCUT2D eigenvalue weighted by molar-refractivity contribution is 6.24. The van der Waals surface area contributed by atoms with E-state index in [1.54, 1.807) is 12.1 Å². The topological polar surface area (TPSA) is 6.48 Å². The molecule has 2 nitrogen and oxygen atoms in total. The van der Waals surface area contributed by atoms with Crippen molar-refractivity contribution >= 4 is 72.0 Å². The lowest BCUT2D eigenvalue weighted by Crippen LogP contribution is -2.13. The average molecular weight is 753 g/mol. The van der Waals surface area contributed by atoms with Gasteiger partial charge in [-0.15, -0.1) is 0 Å². The Morgan fingerprint density at radius 1 is 0.362 bits per heavy atom. The van der Waals surface area contributed by atoms with Crippen LogP contribution in [0.1, 0.15) is 18.4 Å². The Bertz CT molecular complexity index is 3030. The normalized spacial score (nSPS) is 12.6. The number of rotatable bonds is 8. The van der Waals surface area contributed by atoms with Gasteiger partial charge in [0.05, 0.1) is 22.7 Å². The van der Waals surface area contributed by atoms with Crippen molar-refractivity contribution in [1.29, 1.82) is 0 Å². The predicted octanol–water partition coefficient (Wildman–Crippen LogP) is 15.8. The summed E-state index contributed by atoms with van der Waals surface area (Å²) >= 11 is 0. The summed E-state index contributed by atoms with van der Waals surface area (Å²) in [5.74, 6) is -0.614. The molecule has 9 aromatic carbocycles. The Kier molecular flexibility index (Phi) is 9.08. The lowest BCUT2D eigenvalue weighted by atomic mass is 9.93. The molecular weight excluding hydrogens is 715 g/mol. The molecule has 10 rings (SSSR count). The number of benzene rings is 9. The van der Waals surface area contributed by atoms with Gasteiger partial charge in [0.2, 0.25) is 0 Å². The van der Waals surface area contributed by atoms with Gasteiger partial charge in [-0.25, -0.2) is 8.78 Å². The van der Waals surface area contributed by atoms with E-state index < -0.39 is 0 Å². The molecule has 0 saturated carbocycles. The maximum Gasteiger partial charge on any atom is 0.147 e. The molecule has 278 valence electrons. The second kappa shape index (κ2) is 15.0. The Hall–Kier alpha value is -7.30. The van der Waals surface area contributed by atoms with Crippen LogP contribution in [0.2, 0.25) is 0 Å². The standard InChI is InChI=1S/C54H38F2N2/c55-49-33-39(37-17-5-1-6-18-37)29-31-51(49)57(41-21-9-3-10-22-41)53-35-47-44-26-14-16-28-46(44)54(36-48(47)43-25-13-15-27-45(43)53)58(42-23-11-4-12-24-42)52-32-30-40(34-50(52)56)38-19-7-2-8-20-38/h1-7,9-19,21-36H,8,20H2. The third kappa shape index (κ3) is 6.29. The van der Waals surface area contributed by atoms with E-state index in [-0.39, 0.29) is 11.6 Å². The number of hydrogen-bond acceptors (Lipinski definition) is 2. The first-order valence-electron chi connectivity index (χ1n) is 19.7. The van der Waals surface area contributed by atoms with Crippen LogP contribution < -0.4 is 9.80 Å². The number of anilines is 6. The first-order chi connectivity index (χ1) is 28.6. The molecule has 0 atom stereocenters. The molecule has 4 heteroatoms. The van der Waals surface area contributed by atoms with Gasteiger partial charge in [-0.3, -0.25) is 0 Å². The number of fused-ring (bicyclic) bond motifs is 5. The highest BCUT2D eigenvalue weighted by Crippen LogP contribution is 2.48. The zero-order valence-electron chi connectivity index (χ0n) is 31.7. The number of nitrogens with zero attached hydrogens (tertiary/aromatic N) is 2. The van der Waals surface area contributed by atoms with Crippen molar-refractivity contribution in [3.63, 3.8) is 0 Å². The van der Waals surface area contributed by atoms with Gasteiger partial charge in [-0.1, -0.05) is 146 Å². The summed E-state index contributed by atoms with van der Waals surface area (Å²) < 4.78 is 33.4. The molecule has 0 aromatic heterocycles. The van der Waals surface area contributed by atoms with Gasteiger partial charge in [0.1, 0.15) is 11.6 Å². The molecule has 0 radical (unpaired) electrons. The fourth-order valence-corrected chi connectivity index (χ4v) is 8.48. The number of para-hydroxylation sites is 2. The quantitative estimate of drug-likeness (QED) is 0.143. The van der Waals surface area contributed by atoms with Crippen LogP contribution in [0.5, 0.6) is 0 Å². The molecule has 58 heavy (non-hydrogen) atoms. The van der Waals surface area contributed by atoms with Gasteiger partial charge < -0.3 is 9.80 Å². The minimum absolute atomic E-state index is 0.292. The summed E-state index contributed by atoms with van der Waals surface area (Å²) in [5.41, 5.74) is 8.13. The molecular formula is C54H38F2N2. The second-order valence-electron chi connectivity index (χ2n) is 14.7. The molecule has 9 aromatic rings. The Morgan fingerprint density at radius 2 is 0.810 bits per heavy atom. The Balaban J connectivity index is 1.22. The molecule has 0 fully saturated rings. The van der Waals surface area contributed by atoms with Crippen molar-refractivity contribution in [1.82, 2.24) is 0 Å². The maximum absolute atomic E-state index is 16.7. The molecule has 0 unspecified atom stereocenters. The first kappa shape index (κ1) is 35.1. The predicted molar refractivity (Wildman–Crippen MR) is 240 cm³/mol. The summed E-state index contributed by atoms with van der Waals surface area (Å²) in [6.45, 7) is 0. The highest BCUT2D eigenvalue weighted by atomic mass is 19.1. The molecule has 0 amide bonds. The molecule has 0 N–H and O–H groups in total. The third-order valence-corrected chi connectivity index (χ3v) is 11.2. The van der Waals surface area contributed by atoms with E-state index in [0.717, 1.165) is 90.2 Å². The van der Waals surface area contributed by atoms with E-state index in [1.807, 2.05) is 149 Å². The van der Waals surface area contributed by atoms with E-state index in [1.165, 1.54) is 0 Å². The van der Waals surface area contributed by atoms with Gasteiger partial charge in [0.15, 0.2) is 0 Å². The SMILES string of the molecule is Fc1cc(C2=CC=CCC2)ccc1N(c1ccccc1)c1cc2c3ccccc3c(N(c3ccccc3)c3ccc(-c4ccccc4)cc3F)cc2c2ccccc12. The highest BCUT2D eigenvalue weighted by Gasteiger charge is 2.25. The van der Waals surface area contributed by atoms with Crippen molar-refractivity contribution in [2.24, 2.45) is 0 Å². The molecule has 1 aliphatic carbocycles. The van der Waals surface area contributed by atoms with Crippen molar-refractivity contribution in [2.75, 3.05) is 9.80 Å². The largest absolute Gasteiger partial charge is 0.307 e. The molecule has 1 aliphatic rings. The van der Waals surface area contributed by atoms with Crippen LogP contribution in [0.25, 0.3) is 49.0 Å². The van der Waals surface area contributed by atoms with Crippen LogP contribution in [-0.2, 0) is 0 Å². The monoisotopic (exact) mass is 752 g/mol. The van der Waals surface area contributed by atoms with E-state index in [2.05, 4.69) is 54.6 Å². The summed E-state index contributed by atoms with van der Waals surface area (Å²) in [7, 11) is 0. The van der Waals surface area contributed by atoms with Crippen LogP contribution in [-0.4, -0.2) is 0 Å². The van der Waals surface area contributed by atoms with Gasteiger partial charge in [0.25, 0.3) is 0 Å². The Labute approximate surface area is 336 Å². The lowest BCUT2D eigenvalue weighted by molar-refractivity contribution is 0.628. The van der Waals surface area contributed by atoms with Crippen LogP contribution in [0.15, 0.2) is 206 Å². The molecule has 0 bridgehead atoms. The first-order valence-corrected chi connectivity index (χ1v) is 19.7. The molecule has 0 saturated heterocycles. The van der Waals surface area contributed by atoms with Gasteiger partial charge in [-0.05, 0) is 117 Å². The number of halogens is 2. The van der Waals surface area contributed by atoms with Gasteiger partial charge in [0, 0.05) is 22.1 Å². The molecule has 0 aliphatic heterocycles. The summed E-state index contributed by atoms with van der Waals surface area (Å²) in [6, 6.07) is 62.0. The minimum atomic E-state index is -0.322. The van der Waals surface area contributed by atoms with Crippen LogP contribution in [0.3, 0.4) is 0 Å². The lowest BCUT2D eigenvalue weighted by Gasteiger charge is -2.30. The van der Waals surface area contributed by atoms with E-state index in [9.17, 15) is 0 Å². The number of allylic oxidation sites excluding steroid dienone is 4. The smallest absolute Gasteiger partial charge is 0.147 e. The fraction of sp³-hybridized carbons (Fsp3) is 0.0370. The third-order valence-electron chi connectivity index (χ3n) is 11.2. The average Bonchev–Trinajstić information content (AvgIpc) is 3.29. The van der Waals surface area contributed by atoms with Crippen molar-refractivity contribution < 1.29 is 8.78 Å². The summed E-state index contributed by atoms with van der Waals surface area (Å²) in [6.07, 6.45) is 8.10. The zero-order chi connectivity index (χ0) is 39.0. The molecule has 0 spiro atoms.